The van der Waals surface area contributed by atoms with Gasteiger partial charge in [-0.1, -0.05) is 6.92 Å². The molecule has 2 saturated heterocycles. The summed E-state index contributed by atoms with van der Waals surface area (Å²) >= 11 is 2.04. The lowest BCUT2D eigenvalue weighted by atomic mass is 9.95. The molecule has 0 saturated carbocycles. The van der Waals surface area contributed by atoms with Crippen LogP contribution in [0.1, 0.15) is 51.9 Å². The highest BCUT2D eigenvalue weighted by molar-refractivity contribution is 7.99. The van der Waals surface area contributed by atoms with Crippen LogP contribution in [0.2, 0.25) is 0 Å². The van der Waals surface area contributed by atoms with Gasteiger partial charge in [-0.2, -0.15) is 11.8 Å². The molecule has 1 atom stereocenters. The Balaban J connectivity index is 1.84. The molecule has 2 aliphatic heterocycles. The van der Waals surface area contributed by atoms with E-state index in [4.69, 9.17) is 0 Å². The molecule has 0 aromatic rings. The van der Waals surface area contributed by atoms with Gasteiger partial charge < -0.3 is 4.90 Å². The van der Waals surface area contributed by atoms with E-state index >= 15 is 0 Å². The number of thioether (sulfide) groups is 1. The maximum atomic E-state index is 12.4. The maximum absolute atomic E-state index is 12.4. The number of nitrogens with zero attached hydrogens (tertiary/aromatic N) is 1. The van der Waals surface area contributed by atoms with Crippen LogP contribution in [0.4, 0.5) is 0 Å². The summed E-state index contributed by atoms with van der Waals surface area (Å²) in [7, 11) is 0. The molecule has 2 fully saturated rings. The molecule has 3 heteroatoms. The van der Waals surface area contributed by atoms with Crippen molar-refractivity contribution in [3.63, 3.8) is 0 Å². The first-order valence-electron chi connectivity index (χ1n) is 7.18. The van der Waals surface area contributed by atoms with Gasteiger partial charge in [0, 0.05) is 19.0 Å². The SMILES string of the molecule is CCC1CCCCN1C(=O)CC1CCSCC1. The van der Waals surface area contributed by atoms with Gasteiger partial charge in [0.15, 0.2) is 0 Å². The van der Waals surface area contributed by atoms with E-state index in [1.165, 1.54) is 43.6 Å². The van der Waals surface area contributed by atoms with Crippen LogP contribution in [0.15, 0.2) is 0 Å². The molecule has 17 heavy (non-hydrogen) atoms. The van der Waals surface area contributed by atoms with Crippen molar-refractivity contribution in [3.8, 4) is 0 Å². The normalized spacial score (nSPS) is 27.1. The van der Waals surface area contributed by atoms with E-state index in [2.05, 4.69) is 11.8 Å². The Bertz CT molecular complexity index is 251. The average Bonchev–Trinajstić information content (AvgIpc) is 2.40. The maximum Gasteiger partial charge on any atom is 0.223 e. The Morgan fingerprint density at radius 1 is 1.24 bits per heavy atom. The summed E-state index contributed by atoms with van der Waals surface area (Å²) in [6.07, 6.45) is 8.19. The van der Waals surface area contributed by atoms with Crippen molar-refractivity contribution >= 4 is 17.7 Å². The van der Waals surface area contributed by atoms with Gasteiger partial charge in [0.25, 0.3) is 0 Å². The Kier molecular flexibility index (Phi) is 5.20. The summed E-state index contributed by atoms with van der Waals surface area (Å²) in [5.41, 5.74) is 0. The number of likely N-dealkylation sites (tertiary alicyclic amines) is 1. The fraction of sp³-hybridized carbons (Fsp3) is 0.929. The third-order valence-electron chi connectivity index (χ3n) is 4.22. The number of carbonyl (C=O) groups is 1. The molecule has 2 heterocycles. The van der Waals surface area contributed by atoms with Crippen LogP contribution in [0.5, 0.6) is 0 Å². The Labute approximate surface area is 110 Å². The summed E-state index contributed by atoms with van der Waals surface area (Å²) in [6, 6.07) is 0.536. The van der Waals surface area contributed by atoms with Crippen molar-refractivity contribution in [1.82, 2.24) is 4.90 Å². The zero-order valence-electron chi connectivity index (χ0n) is 11.0. The van der Waals surface area contributed by atoms with Crippen molar-refractivity contribution in [2.24, 2.45) is 5.92 Å². The number of hydrogen-bond acceptors (Lipinski definition) is 2. The van der Waals surface area contributed by atoms with E-state index in [-0.39, 0.29) is 0 Å². The topological polar surface area (TPSA) is 20.3 Å². The van der Waals surface area contributed by atoms with Gasteiger partial charge in [0.2, 0.25) is 5.91 Å². The third kappa shape index (κ3) is 3.64. The molecule has 1 unspecified atom stereocenters. The zero-order valence-corrected chi connectivity index (χ0v) is 11.8. The van der Waals surface area contributed by atoms with Crippen LogP contribution >= 0.6 is 11.8 Å². The molecule has 0 bridgehead atoms. The summed E-state index contributed by atoms with van der Waals surface area (Å²) in [4.78, 5) is 14.5. The number of rotatable bonds is 3. The van der Waals surface area contributed by atoms with E-state index < -0.39 is 0 Å². The second-order valence-corrected chi connectivity index (χ2v) is 6.63. The second-order valence-electron chi connectivity index (χ2n) is 5.40. The second kappa shape index (κ2) is 6.67. The van der Waals surface area contributed by atoms with Crippen molar-refractivity contribution < 1.29 is 4.79 Å². The monoisotopic (exact) mass is 255 g/mol. The standard InChI is InChI=1S/C14H25NOS/c1-2-13-5-3-4-8-15(13)14(16)11-12-6-9-17-10-7-12/h12-13H,2-11H2,1H3. The summed E-state index contributed by atoms with van der Waals surface area (Å²) in [5, 5.41) is 0. The fourth-order valence-corrected chi connectivity index (χ4v) is 4.27. The Morgan fingerprint density at radius 3 is 2.71 bits per heavy atom. The molecule has 0 aromatic carbocycles. The number of piperidine rings is 1. The predicted octanol–water partition coefficient (Wildman–Crippen LogP) is 3.31. The van der Waals surface area contributed by atoms with Crippen LogP contribution in [0, 0.1) is 5.92 Å². The lowest BCUT2D eigenvalue weighted by Gasteiger charge is -2.36. The summed E-state index contributed by atoms with van der Waals surface area (Å²) < 4.78 is 0. The zero-order chi connectivity index (χ0) is 12.1. The van der Waals surface area contributed by atoms with Gasteiger partial charge in [-0.05, 0) is 55.9 Å². The van der Waals surface area contributed by atoms with Crippen LogP contribution in [0.25, 0.3) is 0 Å². The van der Waals surface area contributed by atoms with Gasteiger partial charge >= 0.3 is 0 Å². The van der Waals surface area contributed by atoms with E-state index in [1.807, 2.05) is 11.8 Å². The van der Waals surface area contributed by atoms with Gasteiger partial charge in [-0.25, -0.2) is 0 Å². The van der Waals surface area contributed by atoms with Gasteiger partial charge in [0.05, 0.1) is 0 Å². The molecule has 0 spiro atoms. The molecule has 2 nitrogen and oxygen atoms in total. The number of hydrogen-bond donors (Lipinski definition) is 0. The molecule has 1 amide bonds. The van der Waals surface area contributed by atoms with Crippen molar-refractivity contribution in [2.45, 2.75) is 57.9 Å². The highest BCUT2D eigenvalue weighted by Gasteiger charge is 2.27. The van der Waals surface area contributed by atoms with Crippen molar-refractivity contribution in [1.29, 1.82) is 0 Å². The van der Waals surface area contributed by atoms with E-state index in [0.29, 0.717) is 17.9 Å². The Hall–Kier alpha value is -0.180. The molecule has 0 N–H and O–H groups in total. The van der Waals surface area contributed by atoms with Crippen LogP contribution in [0.3, 0.4) is 0 Å². The molecular formula is C14H25NOS. The molecule has 2 aliphatic rings. The first-order valence-corrected chi connectivity index (χ1v) is 8.34. The lowest BCUT2D eigenvalue weighted by Crippen LogP contribution is -2.44. The van der Waals surface area contributed by atoms with E-state index in [9.17, 15) is 4.79 Å². The lowest BCUT2D eigenvalue weighted by molar-refractivity contribution is -0.136. The fourth-order valence-electron chi connectivity index (χ4n) is 3.07. The molecule has 0 radical (unpaired) electrons. The third-order valence-corrected chi connectivity index (χ3v) is 5.27. The minimum absolute atomic E-state index is 0.438. The van der Waals surface area contributed by atoms with Crippen molar-refractivity contribution in [3.05, 3.63) is 0 Å². The molecular weight excluding hydrogens is 230 g/mol. The smallest absolute Gasteiger partial charge is 0.223 e. The highest BCUT2D eigenvalue weighted by atomic mass is 32.2. The number of carbonyl (C=O) groups excluding carboxylic acids is 1. The van der Waals surface area contributed by atoms with Crippen LogP contribution in [-0.4, -0.2) is 34.9 Å². The van der Waals surface area contributed by atoms with Crippen LogP contribution in [-0.2, 0) is 4.79 Å². The average molecular weight is 255 g/mol. The van der Waals surface area contributed by atoms with Gasteiger partial charge in [-0.3, -0.25) is 4.79 Å². The van der Waals surface area contributed by atoms with Crippen LogP contribution < -0.4 is 0 Å². The molecule has 98 valence electrons. The molecule has 2 rings (SSSR count). The summed E-state index contributed by atoms with van der Waals surface area (Å²) in [5.74, 6) is 3.63. The Morgan fingerprint density at radius 2 is 2.00 bits per heavy atom. The first-order chi connectivity index (χ1) is 8.31. The van der Waals surface area contributed by atoms with Crippen molar-refractivity contribution in [2.75, 3.05) is 18.1 Å². The molecule has 0 aliphatic carbocycles. The largest absolute Gasteiger partial charge is 0.340 e. The van der Waals surface area contributed by atoms with Gasteiger partial charge in [-0.15, -0.1) is 0 Å². The number of amides is 1. The first kappa shape index (κ1) is 13.3. The minimum Gasteiger partial charge on any atom is -0.340 e. The molecule has 0 aromatic heterocycles. The quantitative estimate of drug-likeness (QED) is 0.771. The van der Waals surface area contributed by atoms with Gasteiger partial charge in [0.1, 0.15) is 0 Å². The summed E-state index contributed by atoms with van der Waals surface area (Å²) in [6.45, 7) is 3.23. The van der Waals surface area contributed by atoms with E-state index in [1.54, 1.807) is 0 Å². The highest BCUT2D eigenvalue weighted by Crippen LogP contribution is 2.27. The minimum atomic E-state index is 0.438. The predicted molar refractivity (Wildman–Crippen MR) is 74.3 cm³/mol. The van der Waals surface area contributed by atoms with E-state index in [0.717, 1.165) is 19.4 Å².